The van der Waals surface area contributed by atoms with Crippen LogP contribution in [0.2, 0.25) is 0 Å². The maximum Gasteiger partial charge on any atom is 0.245 e. The first kappa shape index (κ1) is 24.8. The highest BCUT2D eigenvalue weighted by atomic mass is 32.2. The van der Waals surface area contributed by atoms with E-state index in [1.807, 2.05) is 17.0 Å². The summed E-state index contributed by atoms with van der Waals surface area (Å²) < 4.78 is 42.3. The number of carbonyl (C=O) groups excluding carboxylic acids is 1. The fourth-order valence-corrected chi connectivity index (χ4v) is 6.97. The molecule has 0 saturated carbocycles. The van der Waals surface area contributed by atoms with Crippen molar-refractivity contribution >= 4 is 26.8 Å². The topological polar surface area (TPSA) is 82.6 Å². The Morgan fingerprint density at radius 1 is 1.11 bits per heavy atom. The van der Waals surface area contributed by atoms with Crippen LogP contribution in [0.5, 0.6) is 0 Å². The third kappa shape index (κ3) is 4.29. The largest absolute Gasteiger partial charge is 0.319 e. The van der Waals surface area contributed by atoms with Gasteiger partial charge in [0, 0.05) is 31.2 Å². The number of pyridine rings is 1. The molecule has 1 aromatic heterocycles. The second-order valence-electron chi connectivity index (χ2n) is 9.83. The highest BCUT2D eigenvalue weighted by molar-refractivity contribution is 7.89. The fourth-order valence-electron chi connectivity index (χ4n) is 5.37. The Labute approximate surface area is 211 Å². The zero-order valence-corrected chi connectivity index (χ0v) is 21.3. The molecule has 1 amide bonds. The Morgan fingerprint density at radius 2 is 1.81 bits per heavy atom. The van der Waals surface area contributed by atoms with Gasteiger partial charge >= 0.3 is 0 Å². The molecule has 36 heavy (non-hydrogen) atoms. The average molecular weight is 511 g/mol. The summed E-state index contributed by atoms with van der Waals surface area (Å²) in [6.07, 6.45) is 3.37. The molecule has 2 aliphatic heterocycles. The maximum absolute atomic E-state index is 13.6. The maximum atomic E-state index is 13.6. The molecule has 0 aliphatic carbocycles. The zero-order valence-electron chi connectivity index (χ0n) is 20.5. The summed E-state index contributed by atoms with van der Waals surface area (Å²) in [5.74, 6) is -0.169. The van der Waals surface area contributed by atoms with E-state index >= 15 is 0 Å². The minimum atomic E-state index is -3.77. The number of para-hydroxylation sites is 1. The van der Waals surface area contributed by atoms with E-state index in [0.717, 1.165) is 17.4 Å². The van der Waals surface area contributed by atoms with Crippen LogP contribution >= 0.6 is 0 Å². The minimum absolute atomic E-state index is 0.0169. The third-order valence-corrected chi connectivity index (χ3v) is 9.63. The molecule has 2 unspecified atom stereocenters. The predicted molar refractivity (Wildman–Crippen MR) is 136 cm³/mol. The molecule has 1 spiro atoms. The molecule has 5 rings (SSSR count). The third-order valence-electron chi connectivity index (χ3n) is 7.70. The number of piperidine rings is 1. The summed E-state index contributed by atoms with van der Waals surface area (Å²) >= 11 is 0. The Bertz CT molecular complexity index is 1370. The first-order chi connectivity index (χ1) is 17.2. The molecule has 9 heteroatoms. The van der Waals surface area contributed by atoms with Crippen molar-refractivity contribution in [3.63, 3.8) is 0 Å². The van der Waals surface area contributed by atoms with Crippen LogP contribution in [0.4, 0.5) is 4.39 Å². The number of nitrogens with zero attached hydrogens (tertiary/aromatic N) is 3. The first-order valence-electron chi connectivity index (χ1n) is 12.4. The van der Waals surface area contributed by atoms with Crippen LogP contribution in [0, 0.1) is 11.7 Å². The van der Waals surface area contributed by atoms with Gasteiger partial charge in [-0.05, 0) is 48.6 Å². The molecule has 2 aromatic carbocycles. The van der Waals surface area contributed by atoms with Crippen LogP contribution in [-0.4, -0.2) is 53.3 Å². The SMILES string of the molecule is CCC(C)C1NC2(CCN(S(=O)(=O)c3cccc4cccnc34)CC2)N(Cc2ccc(F)cc2)C1=O. The summed E-state index contributed by atoms with van der Waals surface area (Å²) in [6.45, 7) is 5.01. The standard InChI is InChI=1S/C27H31FN4O3S/c1-3-19(2)24-26(33)32(18-20-9-11-22(28)12-10-20)27(30-24)13-16-31(17-14-27)36(34,35)23-8-4-6-21-7-5-15-29-25(21)23/h4-12,15,19,24,30H,3,13-14,16-18H2,1-2H3. The van der Waals surface area contributed by atoms with Gasteiger partial charge in [-0.15, -0.1) is 0 Å². The normalized spacial score (nSPS) is 21.4. The van der Waals surface area contributed by atoms with Gasteiger partial charge in [0.25, 0.3) is 0 Å². The number of aromatic nitrogens is 1. The number of fused-ring (bicyclic) bond motifs is 1. The smallest absolute Gasteiger partial charge is 0.245 e. The lowest BCUT2D eigenvalue weighted by Crippen LogP contribution is -2.59. The predicted octanol–water partition coefficient (Wildman–Crippen LogP) is 3.90. The number of halogens is 1. The van der Waals surface area contributed by atoms with Crippen LogP contribution in [0.15, 0.2) is 65.7 Å². The van der Waals surface area contributed by atoms with Crippen LogP contribution in [0.3, 0.4) is 0 Å². The van der Waals surface area contributed by atoms with Gasteiger partial charge in [0.15, 0.2) is 0 Å². The minimum Gasteiger partial charge on any atom is -0.319 e. The van der Waals surface area contributed by atoms with Crippen LogP contribution < -0.4 is 5.32 Å². The van der Waals surface area contributed by atoms with Gasteiger partial charge in [0.05, 0.1) is 17.2 Å². The molecule has 0 bridgehead atoms. The van der Waals surface area contributed by atoms with Gasteiger partial charge in [-0.2, -0.15) is 4.31 Å². The molecule has 0 radical (unpaired) electrons. The summed E-state index contributed by atoms with van der Waals surface area (Å²) in [4.78, 5) is 19.9. The molecule has 2 aliphatic rings. The number of hydrogen-bond acceptors (Lipinski definition) is 5. The van der Waals surface area contributed by atoms with E-state index in [4.69, 9.17) is 0 Å². The molecule has 3 aromatic rings. The number of rotatable bonds is 6. The first-order valence-corrected chi connectivity index (χ1v) is 13.9. The van der Waals surface area contributed by atoms with Crippen LogP contribution in [0.25, 0.3) is 10.9 Å². The summed E-state index contributed by atoms with van der Waals surface area (Å²) in [6, 6.07) is 14.7. The van der Waals surface area contributed by atoms with Crippen molar-refractivity contribution in [2.24, 2.45) is 5.92 Å². The average Bonchev–Trinajstić information content (AvgIpc) is 3.15. The molecule has 190 valence electrons. The quantitative estimate of drug-likeness (QED) is 0.544. The summed E-state index contributed by atoms with van der Waals surface area (Å²) in [5.41, 5.74) is 0.652. The Morgan fingerprint density at radius 3 is 2.50 bits per heavy atom. The van der Waals surface area contributed by atoms with Gasteiger partial charge in [0.1, 0.15) is 10.7 Å². The van der Waals surface area contributed by atoms with E-state index in [9.17, 15) is 17.6 Å². The van der Waals surface area contributed by atoms with Crippen molar-refractivity contribution in [1.29, 1.82) is 0 Å². The number of benzene rings is 2. The number of hydrogen-bond donors (Lipinski definition) is 1. The van der Waals surface area contributed by atoms with Crippen LogP contribution in [0.1, 0.15) is 38.7 Å². The van der Waals surface area contributed by atoms with Crippen molar-refractivity contribution in [2.75, 3.05) is 13.1 Å². The lowest BCUT2D eigenvalue weighted by molar-refractivity contribution is -0.134. The molecular weight excluding hydrogens is 479 g/mol. The Hall–Kier alpha value is -2.88. The highest BCUT2D eigenvalue weighted by Crippen LogP contribution is 2.38. The van der Waals surface area contributed by atoms with Gasteiger partial charge in [-0.25, -0.2) is 12.8 Å². The van der Waals surface area contributed by atoms with E-state index in [0.29, 0.717) is 24.9 Å². The van der Waals surface area contributed by atoms with Gasteiger partial charge in [-0.3, -0.25) is 15.1 Å². The lowest BCUT2D eigenvalue weighted by atomic mass is 9.96. The fraction of sp³-hybridized carbons (Fsp3) is 0.407. The van der Waals surface area contributed by atoms with E-state index in [1.165, 1.54) is 16.4 Å². The monoisotopic (exact) mass is 510 g/mol. The summed E-state index contributed by atoms with van der Waals surface area (Å²) in [7, 11) is -3.77. The second-order valence-corrected chi connectivity index (χ2v) is 11.7. The number of carbonyl (C=O) groups is 1. The lowest BCUT2D eigenvalue weighted by Gasteiger charge is -2.44. The van der Waals surface area contributed by atoms with Gasteiger partial charge in [0.2, 0.25) is 15.9 Å². The molecule has 1 N–H and O–H groups in total. The highest BCUT2D eigenvalue weighted by Gasteiger charge is 2.53. The molecule has 7 nitrogen and oxygen atoms in total. The van der Waals surface area contributed by atoms with E-state index in [2.05, 4.69) is 24.1 Å². The van der Waals surface area contributed by atoms with Crippen molar-refractivity contribution in [3.05, 3.63) is 72.2 Å². The van der Waals surface area contributed by atoms with E-state index < -0.39 is 15.7 Å². The van der Waals surface area contributed by atoms with Crippen molar-refractivity contribution in [2.45, 2.75) is 56.3 Å². The zero-order chi connectivity index (χ0) is 25.5. The van der Waals surface area contributed by atoms with Crippen molar-refractivity contribution < 1.29 is 17.6 Å². The van der Waals surface area contributed by atoms with Gasteiger partial charge in [-0.1, -0.05) is 50.6 Å². The van der Waals surface area contributed by atoms with E-state index in [1.54, 1.807) is 36.5 Å². The number of sulfonamides is 1. The molecule has 3 heterocycles. The Kier molecular flexibility index (Phi) is 6.57. The summed E-state index contributed by atoms with van der Waals surface area (Å²) in [5, 5.41) is 4.37. The number of amides is 1. The van der Waals surface area contributed by atoms with Crippen LogP contribution in [-0.2, 0) is 21.4 Å². The van der Waals surface area contributed by atoms with E-state index in [-0.39, 0.29) is 41.7 Å². The molecular formula is C27H31FN4O3S. The van der Waals surface area contributed by atoms with Crippen molar-refractivity contribution in [1.82, 2.24) is 19.5 Å². The molecule has 2 saturated heterocycles. The van der Waals surface area contributed by atoms with Crippen molar-refractivity contribution in [3.8, 4) is 0 Å². The second kappa shape index (κ2) is 9.53. The Balaban J connectivity index is 1.42. The molecule has 2 fully saturated rings. The molecule has 2 atom stereocenters. The van der Waals surface area contributed by atoms with Gasteiger partial charge < -0.3 is 4.90 Å². The number of nitrogens with one attached hydrogen (secondary N) is 1.